The van der Waals surface area contributed by atoms with Gasteiger partial charge in [0.15, 0.2) is 0 Å². The number of esters is 1. The summed E-state index contributed by atoms with van der Waals surface area (Å²) in [6, 6.07) is 16.8. The van der Waals surface area contributed by atoms with Gasteiger partial charge in [-0.05, 0) is 88.9 Å². The molecule has 0 fully saturated rings. The Balaban J connectivity index is 1.84. The van der Waals surface area contributed by atoms with Crippen LogP contribution in [0, 0.1) is 18.7 Å². The van der Waals surface area contributed by atoms with E-state index in [0.717, 1.165) is 11.1 Å². The van der Waals surface area contributed by atoms with Crippen molar-refractivity contribution < 1.29 is 36.1 Å². The van der Waals surface area contributed by atoms with Gasteiger partial charge in [-0.2, -0.15) is 8.42 Å². The third kappa shape index (κ3) is 10.6. The summed E-state index contributed by atoms with van der Waals surface area (Å²) in [6.45, 7) is 8.22. The summed E-state index contributed by atoms with van der Waals surface area (Å²) < 4.78 is 56.0. The SMILES string of the molecule is CCOC(=O)[C@H](COS(=O)(=O)c1ccc(C)cc1)C[C@@H](Cc1ccc(-c2cc(Cl)ccc2F)cc1)NC(=O)OC(C)(C)C. The first-order valence-corrected chi connectivity index (χ1v) is 15.6. The van der Waals surface area contributed by atoms with Crippen LogP contribution in [0.15, 0.2) is 71.6 Å². The Morgan fingerprint density at radius 1 is 1.00 bits per heavy atom. The van der Waals surface area contributed by atoms with Crippen LogP contribution >= 0.6 is 11.6 Å². The minimum absolute atomic E-state index is 0.00777. The summed E-state index contributed by atoms with van der Waals surface area (Å²) >= 11 is 6.05. The lowest BCUT2D eigenvalue weighted by molar-refractivity contribution is -0.149. The minimum Gasteiger partial charge on any atom is -0.466 e. The number of amides is 1. The summed E-state index contributed by atoms with van der Waals surface area (Å²) in [5.41, 5.74) is 1.83. The zero-order valence-electron chi connectivity index (χ0n) is 24.9. The van der Waals surface area contributed by atoms with Crippen molar-refractivity contribution in [3.8, 4) is 11.1 Å². The maximum absolute atomic E-state index is 14.4. The smallest absolute Gasteiger partial charge is 0.407 e. The van der Waals surface area contributed by atoms with Crippen molar-refractivity contribution in [1.82, 2.24) is 5.32 Å². The zero-order valence-corrected chi connectivity index (χ0v) is 26.4. The standard InChI is InChI=1S/C32H37ClFNO7S/c1-6-40-30(36)24(20-41-43(38,39)27-14-7-21(2)8-15-27)18-26(35-31(37)42-32(3,4)5)17-22-9-11-23(12-10-22)28-19-25(33)13-16-29(28)34/h7-16,19,24,26H,6,17-18,20H2,1-5H3,(H,35,37)/t24-,26+/m0/s1. The highest BCUT2D eigenvalue weighted by molar-refractivity contribution is 7.86. The van der Waals surface area contributed by atoms with Gasteiger partial charge in [0.05, 0.1) is 24.0 Å². The maximum Gasteiger partial charge on any atom is 0.407 e. The van der Waals surface area contributed by atoms with Crippen LogP contribution in [0.4, 0.5) is 9.18 Å². The normalized spacial score (nSPS) is 13.2. The molecule has 3 aromatic carbocycles. The highest BCUT2D eigenvalue weighted by Crippen LogP contribution is 2.27. The Labute approximate surface area is 257 Å². The van der Waals surface area contributed by atoms with E-state index in [0.29, 0.717) is 16.1 Å². The highest BCUT2D eigenvalue weighted by atomic mass is 35.5. The van der Waals surface area contributed by atoms with E-state index in [1.165, 1.54) is 30.3 Å². The molecule has 0 aliphatic heterocycles. The van der Waals surface area contributed by atoms with Gasteiger partial charge in [-0.1, -0.05) is 53.6 Å². The lowest BCUT2D eigenvalue weighted by Crippen LogP contribution is -2.42. The van der Waals surface area contributed by atoms with Crippen molar-refractivity contribution in [3.63, 3.8) is 0 Å². The van der Waals surface area contributed by atoms with Crippen molar-refractivity contribution in [3.05, 3.63) is 88.7 Å². The Morgan fingerprint density at radius 2 is 1.65 bits per heavy atom. The molecule has 0 heterocycles. The number of benzene rings is 3. The summed E-state index contributed by atoms with van der Waals surface area (Å²) in [6.07, 6.45) is -0.462. The Morgan fingerprint density at radius 3 is 2.26 bits per heavy atom. The molecule has 43 heavy (non-hydrogen) atoms. The minimum atomic E-state index is -4.16. The number of hydrogen-bond donors (Lipinski definition) is 1. The monoisotopic (exact) mass is 633 g/mol. The molecular weight excluding hydrogens is 597 g/mol. The molecule has 0 unspecified atom stereocenters. The molecule has 0 aromatic heterocycles. The van der Waals surface area contributed by atoms with Crippen molar-refractivity contribution in [2.45, 2.75) is 64.0 Å². The summed E-state index contributed by atoms with van der Waals surface area (Å²) in [7, 11) is -4.16. The molecule has 0 saturated heterocycles. The fraction of sp³-hybridized carbons (Fsp3) is 0.375. The first-order valence-electron chi connectivity index (χ1n) is 13.8. The first-order chi connectivity index (χ1) is 20.2. The number of carbonyl (C=O) groups excluding carboxylic acids is 2. The van der Waals surface area contributed by atoms with E-state index >= 15 is 0 Å². The van der Waals surface area contributed by atoms with E-state index in [1.807, 2.05) is 6.92 Å². The molecule has 8 nitrogen and oxygen atoms in total. The van der Waals surface area contributed by atoms with E-state index < -0.39 is 52.2 Å². The van der Waals surface area contributed by atoms with E-state index in [9.17, 15) is 22.4 Å². The molecule has 0 bridgehead atoms. The van der Waals surface area contributed by atoms with Gasteiger partial charge in [0.2, 0.25) is 0 Å². The second kappa shape index (κ2) is 14.8. The van der Waals surface area contributed by atoms with E-state index in [-0.39, 0.29) is 24.3 Å². The van der Waals surface area contributed by atoms with Crippen LogP contribution in [0.25, 0.3) is 11.1 Å². The molecular formula is C32H37ClFNO7S. The molecule has 232 valence electrons. The molecule has 1 N–H and O–H groups in total. The highest BCUT2D eigenvalue weighted by Gasteiger charge is 2.30. The van der Waals surface area contributed by atoms with Crippen LogP contribution in [0.1, 0.15) is 45.2 Å². The number of hydrogen-bond acceptors (Lipinski definition) is 7. The quantitative estimate of drug-likeness (QED) is 0.171. The van der Waals surface area contributed by atoms with Gasteiger partial charge in [0, 0.05) is 16.6 Å². The van der Waals surface area contributed by atoms with Crippen molar-refractivity contribution in [2.24, 2.45) is 5.92 Å². The van der Waals surface area contributed by atoms with Crippen LogP contribution in [0.3, 0.4) is 0 Å². The number of nitrogens with one attached hydrogen (secondary N) is 1. The number of carbonyl (C=O) groups is 2. The Kier molecular flexibility index (Phi) is 11.7. The fourth-order valence-electron chi connectivity index (χ4n) is 4.27. The second-order valence-electron chi connectivity index (χ2n) is 11.1. The summed E-state index contributed by atoms with van der Waals surface area (Å²) in [5, 5.41) is 3.20. The average molecular weight is 634 g/mol. The third-order valence-corrected chi connectivity index (χ3v) is 7.85. The van der Waals surface area contributed by atoms with E-state index in [1.54, 1.807) is 64.1 Å². The van der Waals surface area contributed by atoms with Crippen LogP contribution in [-0.4, -0.2) is 45.3 Å². The Bertz CT molecular complexity index is 1500. The molecule has 0 aliphatic carbocycles. The van der Waals surface area contributed by atoms with Gasteiger partial charge in [-0.25, -0.2) is 9.18 Å². The van der Waals surface area contributed by atoms with Crippen molar-refractivity contribution in [2.75, 3.05) is 13.2 Å². The van der Waals surface area contributed by atoms with E-state index in [4.69, 9.17) is 25.3 Å². The van der Waals surface area contributed by atoms with E-state index in [2.05, 4.69) is 5.32 Å². The van der Waals surface area contributed by atoms with Crippen LogP contribution in [0.5, 0.6) is 0 Å². The molecule has 3 rings (SSSR count). The topological polar surface area (TPSA) is 108 Å². The fourth-order valence-corrected chi connectivity index (χ4v) is 5.39. The molecule has 3 aromatic rings. The predicted octanol–water partition coefficient (Wildman–Crippen LogP) is 6.87. The van der Waals surface area contributed by atoms with Gasteiger partial charge in [-0.15, -0.1) is 0 Å². The maximum atomic E-state index is 14.4. The summed E-state index contributed by atoms with van der Waals surface area (Å²) in [5.74, 6) is -2.11. The third-order valence-electron chi connectivity index (χ3n) is 6.32. The van der Waals surface area contributed by atoms with Gasteiger partial charge in [-0.3, -0.25) is 8.98 Å². The van der Waals surface area contributed by atoms with Crippen LogP contribution < -0.4 is 5.32 Å². The van der Waals surface area contributed by atoms with Crippen LogP contribution in [0.2, 0.25) is 5.02 Å². The number of rotatable bonds is 12. The molecule has 2 atom stereocenters. The molecule has 11 heteroatoms. The zero-order chi connectivity index (χ0) is 31.8. The molecule has 0 spiro atoms. The van der Waals surface area contributed by atoms with Crippen molar-refractivity contribution >= 4 is 33.8 Å². The molecule has 0 aliphatic rings. The largest absolute Gasteiger partial charge is 0.466 e. The molecule has 0 radical (unpaired) electrons. The predicted molar refractivity (Wildman–Crippen MR) is 163 cm³/mol. The van der Waals surface area contributed by atoms with Gasteiger partial charge >= 0.3 is 12.1 Å². The Hall–Kier alpha value is -3.47. The molecule has 1 amide bonds. The van der Waals surface area contributed by atoms with Crippen LogP contribution in [-0.2, 0) is 35.0 Å². The lowest BCUT2D eigenvalue weighted by atomic mass is 9.94. The summed E-state index contributed by atoms with van der Waals surface area (Å²) in [4.78, 5) is 25.6. The first kappa shape index (κ1) is 34.0. The lowest BCUT2D eigenvalue weighted by Gasteiger charge is -2.26. The second-order valence-corrected chi connectivity index (χ2v) is 13.2. The van der Waals surface area contributed by atoms with Gasteiger partial charge < -0.3 is 14.8 Å². The van der Waals surface area contributed by atoms with Gasteiger partial charge in [0.1, 0.15) is 11.4 Å². The number of alkyl carbamates (subject to hydrolysis) is 1. The number of halogens is 2. The van der Waals surface area contributed by atoms with Crippen molar-refractivity contribution in [1.29, 1.82) is 0 Å². The average Bonchev–Trinajstić information content (AvgIpc) is 2.92. The molecule has 0 saturated carbocycles. The number of ether oxygens (including phenoxy) is 2. The van der Waals surface area contributed by atoms with Gasteiger partial charge in [0.25, 0.3) is 10.1 Å². The number of aryl methyl sites for hydroxylation is 1.